The number of H-pyrrole nitrogens is 1. The van der Waals surface area contributed by atoms with Gasteiger partial charge in [-0.3, -0.25) is 15.2 Å². The van der Waals surface area contributed by atoms with Gasteiger partial charge in [0, 0.05) is 42.4 Å². The highest BCUT2D eigenvalue weighted by Crippen LogP contribution is 2.33. The third-order valence-electron chi connectivity index (χ3n) is 3.25. The molecule has 19 heavy (non-hydrogen) atoms. The first kappa shape index (κ1) is 11.7. The minimum absolute atomic E-state index is 0.307. The van der Waals surface area contributed by atoms with Crippen LogP contribution in [-0.4, -0.2) is 26.8 Å². The van der Waals surface area contributed by atoms with Crippen LogP contribution < -0.4 is 5.32 Å². The van der Waals surface area contributed by atoms with E-state index < -0.39 is 4.92 Å². The molecule has 98 valence electrons. The Hall–Kier alpha value is -2.41. The lowest BCUT2D eigenvalue weighted by Gasteiger charge is -2.13. The van der Waals surface area contributed by atoms with Crippen molar-refractivity contribution in [3.05, 3.63) is 39.6 Å². The van der Waals surface area contributed by atoms with Gasteiger partial charge in [0.15, 0.2) is 5.75 Å². The van der Waals surface area contributed by atoms with Crippen molar-refractivity contribution in [2.45, 2.75) is 13.0 Å². The molecule has 2 aromatic rings. The van der Waals surface area contributed by atoms with E-state index in [0.29, 0.717) is 17.8 Å². The maximum absolute atomic E-state index is 10.8. The first-order valence-corrected chi connectivity index (χ1v) is 5.91. The van der Waals surface area contributed by atoms with Gasteiger partial charge in [-0.2, -0.15) is 5.10 Å². The predicted molar refractivity (Wildman–Crippen MR) is 67.8 cm³/mol. The highest BCUT2D eigenvalue weighted by molar-refractivity contribution is 5.69. The molecule has 0 amide bonds. The van der Waals surface area contributed by atoms with E-state index in [4.69, 9.17) is 0 Å². The number of phenols is 1. The van der Waals surface area contributed by atoms with Gasteiger partial charge in [0.25, 0.3) is 0 Å². The molecule has 1 aliphatic rings. The molecular formula is C12H12N4O3. The van der Waals surface area contributed by atoms with E-state index >= 15 is 0 Å². The zero-order chi connectivity index (χ0) is 13.4. The van der Waals surface area contributed by atoms with Crippen LogP contribution in [0.4, 0.5) is 5.69 Å². The average molecular weight is 260 g/mol. The lowest BCUT2D eigenvalue weighted by molar-refractivity contribution is -0.385. The predicted octanol–water partition coefficient (Wildman–Crippen LogP) is 1.34. The third kappa shape index (κ3) is 1.93. The fourth-order valence-electron chi connectivity index (χ4n) is 2.28. The summed E-state index contributed by atoms with van der Waals surface area (Å²) in [6.07, 6.45) is 0.864. The van der Waals surface area contributed by atoms with E-state index in [9.17, 15) is 15.2 Å². The molecule has 1 aromatic heterocycles. The second-order valence-electron chi connectivity index (χ2n) is 4.42. The molecule has 3 N–H and O–H groups in total. The number of hydrogen-bond acceptors (Lipinski definition) is 5. The molecule has 7 nitrogen and oxygen atoms in total. The Labute approximate surface area is 108 Å². The van der Waals surface area contributed by atoms with Crippen molar-refractivity contribution >= 4 is 5.69 Å². The fraction of sp³-hybridized carbons (Fsp3) is 0.250. The number of nitro groups is 1. The number of aromatic nitrogens is 2. The number of hydrogen-bond donors (Lipinski definition) is 3. The largest absolute Gasteiger partial charge is 0.502 e. The van der Waals surface area contributed by atoms with Crippen molar-refractivity contribution in [3.63, 3.8) is 0 Å². The SMILES string of the molecule is O=[N+]([O-])c1cc(-c2n[nH]c3c2CNCC3)ccc1O. The minimum atomic E-state index is -0.601. The Kier molecular flexibility index (Phi) is 2.68. The zero-order valence-corrected chi connectivity index (χ0v) is 10.0. The molecule has 0 spiro atoms. The smallest absolute Gasteiger partial charge is 0.311 e. The molecule has 0 atom stereocenters. The average Bonchev–Trinajstić information content (AvgIpc) is 2.83. The van der Waals surface area contributed by atoms with Crippen molar-refractivity contribution in [2.24, 2.45) is 0 Å². The maximum Gasteiger partial charge on any atom is 0.311 e. The lowest BCUT2D eigenvalue weighted by Crippen LogP contribution is -2.23. The molecule has 3 rings (SSSR count). The highest BCUT2D eigenvalue weighted by Gasteiger charge is 2.20. The molecule has 0 fully saturated rings. The number of benzene rings is 1. The van der Waals surface area contributed by atoms with Gasteiger partial charge >= 0.3 is 5.69 Å². The molecule has 7 heteroatoms. The number of rotatable bonds is 2. The Morgan fingerprint density at radius 1 is 1.42 bits per heavy atom. The van der Waals surface area contributed by atoms with Crippen LogP contribution in [0.1, 0.15) is 11.3 Å². The molecule has 2 heterocycles. The van der Waals surface area contributed by atoms with Crippen LogP contribution in [0.15, 0.2) is 18.2 Å². The molecule has 1 aliphatic heterocycles. The van der Waals surface area contributed by atoms with E-state index in [0.717, 1.165) is 24.2 Å². The van der Waals surface area contributed by atoms with E-state index in [-0.39, 0.29) is 11.4 Å². The standard InChI is InChI=1S/C12H12N4O3/c17-11-2-1-7(5-10(11)16(18)19)12-8-6-13-4-3-9(8)14-15-12/h1-2,5,13,17H,3-4,6H2,(H,14,15). The van der Waals surface area contributed by atoms with Crippen molar-refractivity contribution in [1.29, 1.82) is 0 Å². The summed E-state index contributed by atoms with van der Waals surface area (Å²) in [5.41, 5.74) is 3.12. The fourth-order valence-corrected chi connectivity index (χ4v) is 2.28. The van der Waals surface area contributed by atoms with Gasteiger partial charge in [-0.05, 0) is 12.1 Å². The molecule has 0 aliphatic carbocycles. The van der Waals surface area contributed by atoms with Crippen LogP contribution >= 0.6 is 0 Å². The number of aromatic hydroxyl groups is 1. The van der Waals surface area contributed by atoms with E-state index in [1.54, 1.807) is 6.07 Å². The summed E-state index contributed by atoms with van der Waals surface area (Å²) in [7, 11) is 0. The first-order valence-electron chi connectivity index (χ1n) is 5.91. The van der Waals surface area contributed by atoms with Crippen molar-refractivity contribution in [2.75, 3.05) is 6.54 Å². The summed E-state index contributed by atoms with van der Waals surface area (Å²) in [5.74, 6) is -0.337. The number of nitro benzene ring substituents is 1. The van der Waals surface area contributed by atoms with Gasteiger partial charge in [-0.25, -0.2) is 0 Å². The quantitative estimate of drug-likeness (QED) is 0.558. The second-order valence-corrected chi connectivity index (χ2v) is 4.42. The number of aromatic amines is 1. The minimum Gasteiger partial charge on any atom is -0.502 e. The molecular weight excluding hydrogens is 248 g/mol. The van der Waals surface area contributed by atoms with Crippen LogP contribution in [0.5, 0.6) is 5.75 Å². The number of nitrogens with one attached hydrogen (secondary N) is 2. The van der Waals surface area contributed by atoms with E-state index in [1.165, 1.54) is 12.1 Å². The van der Waals surface area contributed by atoms with Crippen LogP contribution in [-0.2, 0) is 13.0 Å². The number of nitrogens with zero attached hydrogens (tertiary/aromatic N) is 2. The van der Waals surface area contributed by atoms with Crippen LogP contribution in [0, 0.1) is 10.1 Å². The monoisotopic (exact) mass is 260 g/mol. The summed E-state index contributed by atoms with van der Waals surface area (Å²) in [4.78, 5) is 10.2. The Balaban J connectivity index is 2.10. The van der Waals surface area contributed by atoms with Crippen LogP contribution in [0.25, 0.3) is 11.3 Å². The van der Waals surface area contributed by atoms with Gasteiger partial charge in [0.1, 0.15) is 0 Å². The summed E-state index contributed by atoms with van der Waals surface area (Å²) >= 11 is 0. The zero-order valence-electron chi connectivity index (χ0n) is 10.0. The van der Waals surface area contributed by atoms with Crippen molar-refractivity contribution < 1.29 is 10.0 Å². The molecule has 0 bridgehead atoms. The van der Waals surface area contributed by atoms with Crippen LogP contribution in [0.2, 0.25) is 0 Å². The van der Waals surface area contributed by atoms with Gasteiger partial charge in [0.05, 0.1) is 10.6 Å². The molecule has 0 saturated carbocycles. The normalized spacial score (nSPS) is 14.1. The first-order chi connectivity index (χ1) is 9.16. The summed E-state index contributed by atoms with van der Waals surface area (Å²) < 4.78 is 0. The Morgan fingerprint density at radius 3 is 3.05 bits per heavy atom. The van der Waals surface area contributed by atoms with Gasteiger partial charge in [0.2, 0.25) is 0 Å². The topological polar surface area (TPSA) is 104 Å². The van der Waals surface area contributed by atoms with Gasteiger partial charge < -0.3 is 10.4 Å². The number of fused-ring (bicyclic) bond motifs is 1. The van der Waals surface area contributed by atoms with E-state index in [2.05, 4.69) is 15.5 Å². The second kappa shape index (κ2) is 4.36. The van der Waals surface area contributed by atoms with Crippen molar-refractivity contribution in [3.8, 4) is 17.0 Å². The Bertz CT molecular complexity index is 650. The molecule has 0 unspecified atom stereocenters. The maximum atomic E-state index is 10.8. The Morgan fingerprint density at radius 2 is 2.26 bits per heavy atom. The summed E-state index contributed by atoms with van der Waals surface area (Å²) in [6.45, 7) is 1.58. The van der Waals surface area contributed by atoms with Crippen molar-refractivity contribution in [1.82, 2.24) is 15.5 Å². The van der Waals surface area contributed by atoms with Crippen LogP contribution in [0.3, 0.4) is 0 Å². The number of phenolic OH excluding ortho intramolecular Hbond substituents is 1. The summed E-state index contributed by atoms with van der Waals surface area (Å²) in [6, 6.07) is 4.30. The third-order valence-corrected chi connectivity index (χ3v) is 3.25. The molecule has 0 saturated heterocycles. The van der Waals surface area contributed by atoms with Gasteiger partial charge in [-0.1, -0.05) is 0 Å². The molecule has 0 radical (unpaired) electrons. The molecule has 1 aromatic carbocycles. The van der Waals surface area contributed by atoms with E-state index in [1.807, 2.05) is 0 Å². The summed E-state index contributed by atoms with van der Waals surface area (Å²) in [5, 5.41) is 30.7. The highest BCUT2D eigenvalue weighted by atomic mass is 16.6. The van der Waals surface area contributed by atoms with Gasteiger partial charge in [-0.15, -0.1) is 0 Å². The lowest BCUT2D eigenvalue weighted by atomic mass is 10.0.